The van der Waals surface area contributed by atoms with E-state index < -0.39 is 17.9 Å². The minimum absolute atomic E-state index is 0.00308. The van der Waals surface area contributed by atoms with E-state index in [2.05, 4.69) is 36.5 Å². The van der Waals surface area contributed by atoms with Gasteiger partial charge in [0, 0.05) is 12.2 Å². The molecule has 12 nitrogen and oxygen atoms in total. The fourth-order valence-corrected chi connectivity index (χ4v) is 6.46. The Labute approximate surface area is 244 Å². The summed E-state index contributed by atoms with van der Waals surface area (Å²) >= 11 is 0. The molecule has 42 heavy (non-hydrogen) atoms. The Bertz CT molecular complexity index is 1340. The van der Waals surface area contributed by atoms with Gasteiger partial charge in [-0.3, -0.25) is 19.0 Å². The molecule has 2 aromatic heterocycles. The molecule has 2 atom stereocenters. The van der Waals surface area contributed by atoms with Crippen LogP contribution in [0.4, 0.5) is 10.1 Å². The van der Waals surface area contributed by atoms with Gasteiger partial charge in [0.1, 0.15) is 23.5 Å². The Hall–Kier alpha value is -3.48. The highest BCUT2D eigenvalue weighted by molar-refractivity contribution is 6.00. The molecule has 4 saturated carbocycles. The van der Waals surface area contributed by atoms with Gasteiger partial charge < -0.3 is 10.6 Å². The highest BCUT2D eigenvalue weighted by Gasteiger charge is 2.49. The normalized spacial score (nSPS) is 21.8. The number of quaternary nitrogens is 1. The van der Waals surface area contributed by atoms with Crippen LogP contribution in [0.25, 0.3) is 0 Å². The van der Waals surface area contributed by atoms with Crippen molar-refractivity contribution in [2.45, 2.75) is 89.8 Å². The van der Waals surface area contributed by atoms with Crippen molar-refractivity contribution in [2.24, 2.45) is 34.7 Å². The van der Waals surface area contributed by atoms with Gasteiger partial charge in [0.25, 0.3) is 11.9 Å². The molecule has 0 bridgehead atoms. The zero-order valence-corrected chi connectivity index (χ0v) is 24.4. The first-order valence-electron chi connectivity index (χ1n) is 15.7. The summed E-state index contributed by atoms with van der Waals surface area (Å²) in [6, 6.07) is 0.656. The first-order valence-corrected chi connectivity index (χ1v) is 15.7. The van der Waals surface area contributed by atoms with Gasteiger partial charge in [0.15, 0.2) is 0 Å². The van der Waals surface area contributed by atoms with Gasteiger partial charge >= 0.3 is 0 Å². The standard InChI is InChI=1S/C29H41FN10O2/c1-16(2)40-22(11-12-31-40)28(41)33-25(24(19-7-8-19)20-9-10-20)29(42)32-21-15-38(35-26(21)30)23(13-17-3-4-17)27-34-36-37-39(27)14-18-5-6-18/h11-12,15-20,23-25,36-37H,3-10,13-14H2,1-2H3,(H,32,42)(H,33,41)/p+1/t23?,25-/m0/s1. The third-order valence-electron chi connectivity index (χ3n) is 9.33. The summed E-state index contributed by atoms with van der Waals surface area (Å²) in [7, 11) is 0. The van der Waals surface area contributed by atoms with Gasteiger partial charge in [0.05, 0.1) is 12.7 Å². The van der Waals surface area contributed by atoms with Crippen LogP contribution in [0.1, 0.15) is 94.2 Å². The van der Waals surface area contributed by atoms with Crippen molar-refractivity contribution < 1.29 is 19.5 Å². The van der Waals surface area contributed by atoms with E-state index in [0.717, 1.165) is 57.3 Å². The van der Waals surface area contributed by atoms with Crippen molar-refractivity contribution in [3.8, 4) is 0 Å². The van der Waals surface area contributed by atoms with E-state index in [0.29, 0.717) is 29.4 Å². The van der Waals surface area contributed by atoms with E-state index in [1.165, 1.54) is 12.8 Å². The summed E-state index contributed by atoms with van der Waals surface area (Å²) in [6.45, 7) is 4.80. The number of nitrogens with two attached hydrogens (primary N) is 1. The summed E-state index contributed by atoms with van der Waals surface area (Å²) < 4.78 is 18.7. The number of hydrogen-bond donors (Lipinski definition) is 4. The van der Waals surface area contributed by atoms with Crippen molar-refractivity contribution in [1.82, 2.24) is 35.4 Å². The smallest absolute Gasteiger partial charge is 0.270 e. The lowest BCUT2D eigenvalue weighted by Gasteiger charge is -2.27. The first-order chi connectivity index (χ1) is 20.4. The fourth-order valence-electron chi connectivity index (χ4n) is 6.46. The third-order valence-corrected chi connectivity index (χ3v) is 9.33. The summed E-state index contributed by atoms with van der Waals surface area (Å²) in [5.74, 6) is 1.39. The number of carbonyl (C=O) groups excluding carboxylic acids is 2. The van der Waals surface area contributed by atoms with E-state index >= 15 is 4.39 Å². The number of amides is 2. The van der Waals surface area contributed by atoms with Gasteiger partial charge in [-0.05, 0) is 94.4 Å². The molecule has 4 aliphatic carbocycles. The van der Waals surface area contributed by atoms with E-state index in [9.17, 15) is 9.59 Å². The lowest BCUT2D eigenvalue weighted by molar-refractivity contribution is -0.822. The molecule has 0 saturated heterocycles. The van der Waals surface area contributed by atoms with Crippen LogP contribution in [0.15, 0.2) is 23.6 Å². The molecular weight excluding hydrogens is 539 g/mol. The van der Waals surface area contributed by atoms with E-state index in [4.69, 9.17) is 0 Å². The van der Waals surface area contributed by atoms with Crippen molar-refractivity contribution in [3.05, 3.63) is 30.1 Å². The van der Waals surface area contributed by atoms with E-state index in [-0.39, 0.29) is 29.6 Å². The highest BCUT2D eigenvalue weighted by Crippen LogP contribution is 2.51. The van der Waals surface area contributed by atoms with Gasteiger partial charge in [-0.2, -0.15) is 14.5 Å². The quantitative estimate of drug-likeness (QED) is 0.253. The second kappa shape index (κ2) is 11.0. The number of halogens is 1. The van der Waals surface area contributed by atoms with Crippen molar-refractivity contribution in [2.75, 3.05) is 11.9 Å². The van der Waals surface area contributed by atoms with Crippen LogP contribution in [0, 0.1) is 35.5 Å². The van der Waals surface area contributed by atoms with Crippen LogP contribution in [0.5, 0.6) is 0 Å². The van der Waals surface area contributed by atoms with Crippen LogP contribution in [0.3, 0.4) is 0 Å². The van der Waals surface area contributed by atoms with Crippen LogP contribution in [0.2, 0.25) is 0 Å². The summed E-state index contributed by atoms with van der Waals surface area (Å²) in [4.78, 5) is 27.3. The molecule has 3 heterocycles. The summed E-state index contributed by atoms with van der Waals surface area (Å²) in [5, 5.41) is 21.1. The Morgan fingerprint density at radius 3 is 2.45 bits per heavy atom. The number of nitrogens with one attached hydrogen (secondary N) is 3. The molecule has 1 unspecified atom stereocenters. The molecule has 0 radical (unpaired) electrons. The molecule has 5 aliphatic rings. The number of nitrogens with zero attached hydrogens (tertiary/aromatic N) is 6. The largest absolute Gasteiger partial charge is 0.339 e. The average Bonchev–Trinajstić information content (AvgIpc) is 3.76. The maximum atomic E-state index is 15.4. The minimum Gasteiger partial charge on any atom is -0.339 e. The Kier molecular flexibility index (Phi) is 7.15. The number of aromatic nitrogens is 4. The number of amidine groups is 1. The number of carbonyl (C=O) groups is 2. The van der Waals surface area contributed by atoms with Crippen LogP contribution in [-0.4, -0.2) is 54.8 Å². The van der Waals surface area contributed by atoms with E-state index in [1.807, 2.05) is 19.4 Å². The monoisotopic (exact) mass is 581 g/mol. The molecule has 5 N–H and O–H groups in total. The maximum absolute atomic E-state index is 15.4. The highest BCUT2D eigenvalue weighted by atomic mass is 19.1. The van der Waals surface area contributed by atoms with E-state index in [1.54, 1.807) is 27.8 Å². The topological polar surface area (TPSA) is 138 Å². The SMILES string of the molecule is CC(C)n1nccc1C(=O)N[C@H](C(=O)Nc1cn(C(CC2CC2)C2=NN[NH2+]N2CC2CC2)nc1F)C(C1CC1)C1CC1. The zero-order chi connectivity index (χ0) is 29.0. The van der Waals surface area contributed by atoms with Gasteiger partial charge in [-0.15, -0.1) is 21.3 Å². The molecule has 226 valence electrons. The fraction of sp³-hybridized carbons (Fsp3) is 0.690. The Morgan fingerprint density at radius 2 is 1.81 bits per heavy atom. The Balaban J connectivity index is 1.12. The minimum atomic E-state index is -0.773. The predicted octanol–water partition coefficient (Wildman–Crippen LogP) is 2.34. The van der Waals surface area contributed by atoms with Gasteiger partial charge in [-0.1, -0.05) is 12.8 Å². The average molecular weight is 582 g/mol. The number of hydrazone groups is 1. The number of anilines is 1. The molecule has 2 aromatic rings. The molecule has 0 spiro atoms. The van der Waals surface area contributed by atoms with Gasteiger partial charge in [0.2, 0.25) is 11.7 Å². The van der Waals surface area contributed by atoms with Crippen LogP contribution < -0.4 is 21.7 Å². The summed E-state index contributed by atoms with van der Waals surface area (Å²) in [6.07, 6.45) is 12.9. The van der Waals surface area contributed by atoms with Crippen molar-refractivity contribution in [3.63, 3.8) is 0 Å². The second-order valence-electron chi connectivity index (χ2n) is 13.3. The third kappa shape index (κ3) is 5.88. The van der Waals surface area contributed by atoms with Crippen molar-refractivity contribution >= 4 is 23.3 Å². The molecule has 0 aromatic carbocycles. The molecule has 13 heteroatoms. The molecule has 2 amide bonds. The predicted molar refractivity (Wildman–Crippen MR) is 152 cm³/mol. The molecule has 7 rings (SSSR count). The number of hydrogen-bond acceptors (Lipinski definition) is 7. The first kappa shape index (κ1) is 27.4. The zero-order valence-electron chi connectivity index (χ0n) is 24.4. The molecule has 1 aliphatic heterocycles. The molecule has 4 fully saturated rings. The Morgan fingerprint density at radius 1 is 1.10 bits per heavy atom. The lowest BCUT2D eigenvalue weighted by Crippen LogP contribution is -2.98. The van der Waals surface area contributed by atoms with Crippen LogP contribution >= 0.6 is 0 Å². The van der Waals surface area contributed by atoms with Gasteiger partial charge in [-0.25, -0.2) is 0 Å². The second-order valence-corrected chi connectivity index (χ2v) is 13.3. The lowest BCUT2D eigenvalue weighted by atomic mass is 9.88. The molecular formula is C29H42FN10O2+. The maximum Gasteiger partial charge on any atom is 0.270 e. The number of rotatable bonds is 14. The van der Waals surface area contributed by atoms with Crippen LogP contribution in [-0.2, 0) is 4.79 Å². The van der Waals surface area contributed by atoms with Crippen molar-refractivity contribution in [1.29, 1.82) is 0 Å². The summed E-state index contributed by atoms with van der Waals surface area (Å²) in [5.41, 5.74) is 5.31.